The summed E-state index contributed by atoms with van der Waals surface area (Å²) < 4.78 is 24.4. The summed E-state index contributed by atoms with van der Waals surface area (Å²) >= 11 is 0. The van der Waals surface area contributed by atoms with Crippen molar-refractivity contribution in [1.29, 1.82) is 0 Å². The molecule has 4 rings (SSSR count). The number of hydrogen-bond acceptors (Lipinski definition) is 6. The molecule has 1 N–H and O–H groups in total. The molecule has 0 bridgehead atoms. The van der Waals surface area contributed by atoms with Gasteiger partial charge in [0.25, 0.3) is 0 Å². The molecule has 0 aliphatic heterocycles. The number of nitrogens with zero attached hydrogens (tertiary/aromatic N) is 3. The van der Waals surface area contributed by atoms with Crippen molar-refractivity contribution in [3.8, 4) is 0 Å². The summed E-state index contributed by atoms with van der Waals surface area (Å²) in [7, 11) is -3.36. The van der Waals surface area contributed by atoms with Gasteiger partial charge < -0.3 is 10.2 Å². The van der Waals surface area contributed by atoms with Crippen molar-refractivity contribution in [2.24, 2.45) is 0 Å². The summed E-state index contributed by atoms with van der Waals surface area (Å²) in [4.78, 5) is 10.9. The Labute approximate surface area is 182 Å². The first-order chi connectivity index (χ1) is 15.0. The number of para-hydroxylation sites is 2. The molecule has 0 saturated heterocycles. The van der Waals surface area contributed by atoms with Crippen LogP contribution < -0.4 is 10.2 Å². The van der Waals surface area contributed by atoms with Gasteiger partial charge in [0.05, 0.1) is 40.9 Å². The van der Waals surface area contributed by atoms with Gasteiger partial charge in [-0.2, -0.15) is 0 Å². The molecule has 0 atom stereocenters. The maximum Gasteiger partial charge on any atom is 0.177 e. The smallest absolute Gasteiger partial charge is 0.177 e. The molecular weight excluding hydrogens is 408 g/mol. The topological polar surface area (TPSA) is 75.2 Å². The molecule has 4 aromatic rings. The first kappa shape index (κ1) is 20.6. The lowest BCUT2D eigenvalue weighted by Gasteiger charge is -2.26. The van der Waals surface area contributed by atoms with E-state index in [0.717, 1.165) is 22.6 Å². The largest absolute Gasteiger partial charge is 0.354 e. The molecule has 0 saturated carbocycles. The number of rotatable bonds is 7. The minimum atomic E-state index is -3.36. The molecule has 6 nitrogen and oxygen atoms in total. The molecule has 0 fully saturated rings. The zero-order valence-electron chi connectivity index (χ0n) is 17.0. The number of pyridine rings is 2. The average molecular weight is 431 g/mol. The van der Waals surface area contributed by atoms with Gasteiger partial charge in [-0.05, 0) is 48.0 Å². The van der Waals surface area contributed by atoms with Crippen LogP contribution in [0.5, 0.6) is 0 Å². The Morgan fingerprint density at radius 2 is 1.35 bits per heavy atom. The molecule has 0 aliphatic rings. The molecule has 156 valence electrons. The predicted octanol–water partition coefficient (Wildman–Crippen LogP) is 4.96. The van der Waals surface area contributed by atoms with Crippen molar-refractivity contribution in [1.82, 2.24) is 9.97 Å². The summed E-state index contributed by atoms with van der Waals surface area (Å²) in [6.07, 6.45) is 8.31. The number of sulfone groups is 1. The quantitative estimate of drug-likeness (QED) is 0.447. The van der Waals surface area contributed by atoms with Crippen molar-refractivity contribution >= 4 is 32.6 Å². The van der Waals surface area contributed by atoms with E-state index < -0.39 is 9.84 Å². The summed E-state index contributed by atoms with van der Waals surface area (Å²) in [6, 6.07) is 22.5. The van der Waals surface area contributed by atoms with E-state index in [4.69, 9.17) is 0 Å². The van der Waals surface area contributed by atoms with Crippen LogP contribution in [0.2, 0.25) is 0 Å². The van der Waals surface area contributed by atoms with E-state index in [-0.39, 0.29) is 4.90 Å². The Morgan fingerprint density at radius 3 is 1.94 bits per heavy atom. The second kappa shape index (κ2) is 8.97. The first-order valence-corrected chi connectivity index (χ1v) is 11.6. The minimum Gasteiger partial charge on any atom is -0.354 e. The van der Waals surface area contributed by atoms with Crippen molar-refractivity contribution in [2.75, 3.05) is 16.5 Å². The standard InChI is InChI=1S/C24H22N4O2S/c1-31(29,30)24-13-5-4-12-23(24)27-22-11-3-2-8-19(22)18-28(20-9-6-14-25-16-20)21-10-7-15-26-17-21/h2-17,27H,18H2,1H3. The molecule has 2 aromatic heterocycles. The molecule has 7 heteroatoms. The van der Waals surface area contributed by atoms with Gasteiger partial charge in [-0.25, -0.2) is 8.42 Å². The summed E-state index contributed by atoms with van der Waals surface area (Å²) in [6.45, 7) is 0.543. The van der Waals surface area contributed by atoms with Crippen molar-refractivity contribution in [3.63, 3.8) is 0 Å². The van der Waals surface area contributed by atoms with E-state index in [2.05, 4.69) is 20.2 Å². The Hall–Kier alpha value is -3.71. The van der Waals surface area contributed by atoms with Crippen LogP contribution in [0.25, 0.3) is 0 Å². The maximum atomic E-state index is 12.2. The third kappa shape index (κ3) is 4.90. The van der Waals surface area contributed by atoms with Crippen LogP contribution in [0.1, 0.15) is 5.56 Å². The van der Waals surface area contributed by atoms with Crippen molar-refractivity contribution in [2.45, 2.75) is 11.4 Å². The SMILES string of the molecule is CS(=O)(=O)c1ccccc1Nc1ccccc1CN(c1cccnc1)c1cccnc1. The van der Waals surface area contributed by atoms with E-state index in [1.807, 2.05) is 67.0 Å². The molecule has 0 unspecified atom stereocenters. The molecule has 0 amide bonds. The van der Waals surface area contributed by atoms with Gasteiger partial charge in [-0.1, -0.05) is 30.3 Å². The number of anilines is 4. The third-order valence-electron chi connectivity index (χ3n) is 4.82. The highest BCUT2D eigenvalue weighted by Crippen LogP contribution is 2.31. The summed E-state index contributed by atoms with van der Waals surface area (Å²) in [5.41, 5.74) is 4.24. The van der Waals surface area contributed by atoms with Gasteiger partial charge in [0.2, 0.25) is 0 Å². The lowest BCUT2D eigenvalue weighted by molar-refractivity contribution is 0.602. The zero-order valence-corrected chi connectivity index (χ0v) is 17.8. The highest BCUT2D eigenvalue weighted by Gasteiger charge is 2.16. The highest BCUT2D eigenvalue weighted by molar-refractivity contribution is 7.90. The molecule has 2 aromatic carbocycles. The number of nitrogens with one attached hydrogen (secondary N) is 1. The molecule has 0 spiro atoms. The number of benzene rings is 2. The molecule has 0 aliphatic carbocycles. The minimum absolute atomic E-state index is 0.265. The van der Waals surface area contributed by atoms with E-state index in [0.29, 0.717) is 12.2 Å². The fraction of sp³-hybridized carbons (Fsp3) is 0.0833. The van der Waals surface area contributed by atoms with Crippen molar-refractivity contribution in [3.05, 3.63) is 103 Å². The van der Waals surface area contributed by atoms with Crippen LogP contribution >= 0.6 is 0 Å². The molecular formula is C24H22N4O2S. The number of hydrogen-bond donors (Lipinski definition) is 1. The van der Waals surface area contributed by atoms with Crippen LogP contribution in [0.3, 0.4) is 0 Å². The van der Waals surface area contributed by atoms with Gasteiger partial charge in [-0.3, -0.25) is 9.97 Å². The fourth-order valence-electron chi connectivity index (χ4n) is 3.35. The second-order valence-corrected chi connectivity index (χ2v) is 9.04. The molecule has 0 radical (unpaired) electrons. The van der Waals surface area contributed by atoms with Gasteiger partial charge in [0.15, 0.2) is 9.84 Å². The zero-order chi connectivity index (χ0) is 21.7. The van der Waals surface area contributed by atoms with E-state index in [1.165, 1.54) is 6.26 Å². The molecule has 2 heterocycles. The summed E-state index contributed by atoms with van der Waals surface area (Å²) in [5, 5.41) is 3.32. The maximum absolute atomic E-state index is 12.2. The monoisotopic (exact) mass is 430 g/mol. The molecule has 31 heavy (non-hydrogen) atoms. The van der Waals surface area contributed by atoms with Gasteiger partial charge >= 0.3 is 0 Å². The highest BCUT2D eigenvalue weighted by atomic mass is 32.2. The Bertz CT molecular complexity index is 1220. The van der Waals surface area contributed by atoms with Crippen LogP contribution in [0.15, 0.2) is 102 Å². The second-order valence-electron chi connectivity index (χ2n) is 7.06. The fourth-order valence-corrected chi connectivity index (χ4v) is 4.19. The first-order valence-electron chi connectivity index (χ1n) is 9.74. The Balaban J connectivity index is 1.72. The van der Waals surface area contributed by atoms with Gasteiger partial charge in [-0.15, -0.1) is 0 Å². The van der Waals surface area contributed by atoms with Crippen LogP contribution in [-0.4, -0.2) is 24.6 Å². The number of aromatic nitrogens is 2. The normalized spacial score (nSPS) is 11.1. The van der Waals surface area contributed by atoms with E-state index in [1.54, 1.807) is 30.6 Å². The summed E-state index contributed by atoms with van der Waals surface area (Å²) in [5.74, 6) is 0. The van der Waals surface area contributed by atoms with Crippen LogP contribution in [0.4, 0.5) is 22.7 Å². The lowest BCUT2D eigenvalue weighted by atomic mass is 10.1. The lowest BCUT2D eigenvalue weighted by Crippen LogP contribution is -2.17. The van der Waals surface area contributed by atoms with E-state index >= 15 is 0 Å². The van der Waals surface area contributed by atoms with E-state index in [9.17, 15) is 8.42 Å². The van der Waals surface area contributed by atoms with Crippen LogP contribution in [0, 0.1) is 0 Å². The van der Waals surface area contributed by atoms with Gasteiger partial charge in [0, 0.05) is 24.3 Å². The average Bonchev–Trinajstić information content (AvgIpc) is 2.79. The third-order valence-corrected chi connectivity index (χ3v) is 5.97. The van der Waals surface area contributed by atoms with Crippen molar-refractivity contribution < 1.29 is 8.42 Å². The predicted molar refractivity (Wildman–Crippen MR) is 124 cm³/mol. The van der Waals surface area contributed by atoms with Crippen LogP contribution in [-0.2, 0) is 16.4 Å². The Morgan fingerprint density at radius 1 is 0.774 bits per heavy atom. The Kier molecular flexibility index (Phi) is 5.95. The van der Waals surface area contributed by atoms with Gasteiger partial charge in [0.1, 0.15) is 0 Å².